The second kappa shape index (κ2) is 7.53. The van der Waals surface area contributed by atoms with E-state index in [0.717, 1.165) is 6.26 Å². The van der Waals surface area contributed by atoms with Crippen LogP contribution in [-0.2, 0) is 20.0 Å². The Morgan fingerprint density at radius 3 is 2.16 bits per heavy atom. The summed E-state index contributed by atoms with van der Waals surface area (Å²) < 4.78 is 50.4. The first kappa shape index (κ1) is 19.4. The first-order chi connectivity index (χ1) is 11.6. The molecule has 8 nitrogen and oxygen atoms in total. The van der Waals surface area contributed by atoms with Crippen molar-refractivity contribution in [2.24, 2.45) is 0 Å². The predicted octanol–water partition coefficient (Wildman–Crippen LogP) is -0.684. The van der Waals surface area contributed by atoms with Crippen molar-refractivity contribution in [1.29, 1.82) is 0 Å². The summed E-state index contributed by atoms with van der Waals surface area (Å²) >= 11 is 0. The summed E-state index contributed by atoms with van der Waals surface area (Å²) in [5.41, 5.74) is 0.337. The average molecular weight is 385 g/mol. The van der Waals surface area contributed by atoms with Crippen LogP contribution in [0.4, 0.5) is 0 Å². The summed E-state index contributed by atoms with van der Waals surface area (Å²) in [6.07, 6.45) is 6.17. The molecule has 1 N–H and O–H groups in total. The molecule has 0 aliphatic carbocycles. The number of amides is 1. The number of nitrogens with zero attached hydrogens (tertiary/aromatic N) is 2. The van der Waals surface area contributed by atoms with Crippen LogP contribution in [0.3, 0.4) is 0 Å². The van der Waals surface area contributed by atoms with E-state index < -0.39 is 20.0 Å². The fourth-order valence-corrected chi connectivity index (χ4v) is 4.16. The summed E-state index contributed by atoms with van der Waals surface area (Å²) in [4.78, 5) is 14.0. The summed E-state index contributed by atoms with van der Waals surface area (Å²) in [6.45, 7) is 0.944. The number of rotatable bonds is 5. The number of benzene rings is 1. The highest BCUT2D eigenvalue weighted by Gasteiger charge is 2.26. The lowest BCUT2D eigenvalue weighted by Gasteiger charge is -2.33. The molecule has 0 aromatic heterocycles. The van der Waals surface area contributed by atoms with Gasteiger partial charge in [0.1, 0.15) is 0 Å². The van der Waals surface area contributed by atoms with E-state index in [9.17, 15) is 21.6 Å². The smallest absolute Gasteiger partial charge is 0.253 e. The molecular formula is C15H19N3O5S2. The van der Waals surface area contributed by atoms with Gasteiger partial charge in [0.25, 0.3) is 5.91 Å². The van der Waals surface area contributed by atoms with Crippen molar-refractivity contribution in [3.63, 3.8) is 0 Å². The number of nitrogens with one attached hydrogen (secondary N) is 1. The highest BCUT2D eigenvalue weighted by atomic mass is 32.2. The van der Waals surface area contributed by atoms with Crippen molar-refractivity contribution in [3.8, 4) is 12.3 Å². The van der Waals surface area contributed by atoms with Gasteiger partial charge in [-0.1, -0.05) is 5.92 Å². The number of terminal acetylenes is 1. The molecular weight excluding hydrogens is 366 g/mol. The maximum Gasteiger partial charge on any atom is 0.253 e. The zero-order valence-corrected chi connectivity index (χ0v) is 15.3. The molecule has 1 aliphatic heterocycles. The fourth-order valence-electron chi connectivity index (χ4n) is 2.40. The molecule has 0 spiro atoms. The Balaban J connectivity index is 2.06. The summed E-state index contributed by atoms with van der Waals surface area (Å²) in [6, 6.07) is 5.52. The Kier molecular flexibility index (Phi) is 5.84. The van der Waals surface area contributed by atoms with Gasteiger partial charge in [-0.3, -0.25) is 4.79 Å². The molecule has 0 unspecified atom stereocenters. The summed E-state index contributed by atoms with van der Waals surface area (Å²) in [7, 11) is -6.97. The fraction of sp³-hybridized carbons (Fsp3) is 0.400. The Bertz CT molecular complexity index is 878. The van der Waals surface area contributed by atoms with Crippen molar-refractivity contribution in [1.82, 2.24) is 13.9 Å². The van der Waals surface area contributed by atoms with Gasteiger partial charge in [-0.05, 0) is 24.3 Å². The van der Waals surface area contributed by atoms with E-state index in [0.29, 0.717) is 5.56 Å². The maximum atomic E-state index is 12.5. The van der Waals surface area contributed by atoms with E-state index >= 15 is 0 Å². The van der Waals surface area contributed by atoms with Gasteiger partial charge in [-0.15, -0.1) is 6.42 Å². The van der Waals surface area contributed by atoms with Gasteiger partial charge >= 0.3 is 0 Å². The van der Waals surface area contributed by atoms with E-state index in [1.54, 1.807) is 4.90 Å². The molecule has 1 heterocycles. The molecule has 1 saturated heterocycles. The predicted molar refractivity (Wildman–Crippen MR) is 92.8 cm³/mol. The van der Waals surface area contributed by atoms with E-state index in [2.05, 4.69) is 10.6 Å². The van der Waals surface area contributed by atoms with Crippen molar-refractivity contribution >= 4 is 26.0 Å². The Labute approximate surface area is 147 Å². The Hall–Kier alpha value is -1.93. The average Bonchev–Trinajstić information content (AvgIpc) is 2.59. The standard InChI is InChI=1S/C15H19N3O5S2/c1-3-8-16-25(22,23)14-6-4-13(5-7-14)15(19)17-9-11-18(12-10-17)24(2,20)21/h1,4-7,16H,8-12H2,2H3. The number of piperazine rings is 1. The molecule has 0 saturated carbocycles. The molecule has 1 fully saturated rings. The number of carbonyl (C=O) groups excluding carboxylic acids is 1. The zero-order chi connectivity index (χ0) is 18.7. The molecule has 136 valence electrons. The first-order valence-electron chi connectivity index (χ1n) is 7.43. The van der Waals surface area contributed by atoms with Crippen LogP contribution in [0.1, 0.15) is 10.4 Å². The molecule has 0 bridgehead atoms. The third kappa shape index (κ3) is 4.79. The largest absolute Gasteiger partial charge is 0.336 e. The van der Waals surface area contributed by atoms with Crippen LogP contribution in [0.25, 0.3) is 0 Å². The monoisotopic (exact) mass is 385 g/mol. The first-order valence-corrected chi connectivity index (χ1v) is 10.8. The molecule has 10 heteroatoms. The molecule has 2 rings (SSSR count). The minimum absolute atomic E-state index is 0.0150. The van der Waals surface area contributed by atoms with Crippen LogP contribution < -0.4 is 4.72 Å². The molecule has 0 radical (unpaired) electrons. The van der Waals surface area contributed by atoms with Gasteiger partial charge in [0.15, 0.2) is 0 Å². The molecule has 1 aromatic rings. The summed E-state index contributed by atoms with van der Waals surface area (Å²) in [5, 5.41) is 0. The topological polar surface area (TPSA) is 104 Å². The number of carbonyl (C=O) groups is 1. The number of hydrogen-bond donors (Lipinski definition) is 1. The third-order valence-electron chi connectivity index (χ3n) is 3.77. The maximum absolute atomic E-state index is 12.5. The van der Waals surface area contributed by atoms with Crippen LogP contribution in [0.15, 0.2) is 29.2 Å². The number of sulfonamides is 2. The SMILES string of the molecule is C#CCNS(=O)(=O)c1ccc(C(=O)N2CCN(S(C)(=O)=O)CC2)cc1. The van der Waals surface area contributed by atoms with Crippen LogP contribution in [0, 0.1) is 12.3 Å². The molecule has 1 amide bonds. The second-order valence-corrected chi connectivity index (χ2v) is 9.26. The molecule has 1 aliphatic rings. The van der Waals surface area contributed by atoms with E-state index in [-0.39, 0.29) is 43.5 Å². The lowest BCUT2D eigenvalue weighted by Crippen LogP contribution is -2.50. The van der Waals surface area contributed by atoms with Crippen molar-refractivity contribution < 1.29 is 21.6 Å². The molecule has 0 atom stereocenters. The van der Waals surface area contributed by atoms with Crippen LogP contribution in [0.2, 0.25) is 0 Å². The quantitative estimate of drug-likeness (QED) is 0.676. The highest BCUT2D eigenvalue weighted by Crippen LogP contribution is 2.14. The normalized spacial score (nSPS) is 16.4. The molecule has 1 aromatic carbocycles. The van der Waals surface area contributed by atoms with Gasteiger partial charge in [0, 0.05) is 31.7 Å². The van der Waals surface area contributed by atoms with Gasteiger partial charge in [-0.25, -0.2) is 16.8 Å². The lowest BCUT2D eigenvalue weighted by atomic mass is 10.2. The van der Waals surface area contributed by atoms with Crippen LogP contribution in [0.5, 0.6) is 0 Å². The minimum atomic E-state index is -3.70. The van der Waals surface area contributed by atoms with E-state index in [4.69, 9.17) is 6.42 Å². The molecule has 25 heavy (non-hydrogen) atoms. The second-order valence-electron chi connectivity index (χ2n) is 5.51. The third-order valence-corrected chi connectivity index (χ3v) is 6.49. The van der Waals surface area contributed by atoms with Crippen molar-refractivity contribution in [2.45, 2.75) is 4.90 Å². The highest BCUT2D eigenvalue weighted by molar-refractivity contribution is 7.89. The van der Waals surface area contributed by atoms with E-state index in [1.807, 2.05) is 0 Å². The Morgan fingerprint density at radius 2 is 1.68 bits per heavy atom. The lowest BCUT2D eigenvalue weighted by molar-refractivity contribution is 0.0698. The minimum Gasteiger partial charge on any atom is -0.336 e. The Morgan fingerprint density at radius 1 is 1.12 bits per heavy atom. The van der Waals surface area contributed by atoms with Gasteiger partial charge in [0.05, 0.1) is 17.7 Å². The van der Waals surface area contributed by atoms with Crippen molar-refractivity contribution in [2.75, 3.05) is 39.0 Å². The van der Waals surface area contributed by atoms with Crippen LogP contribution in [-0.4, -0.2) is 70.9 Å². The number of hydrogen-bond acceptors (Lipinski definition) is 5. The summed E-state index contributed by atoms with van der Waals surface area (Å²) in [5.74, 6) is 1.91. The van der Waals surface area contributed by atoms with Gasteiger partial charge in [-0.2, -0.15) is 9.03 Å². The van der Waals surface area contributed by atoms with Gasteiger partial charge < -0.3 is 4.90 Å². The van der Waals surface area contributed by atoms with E-state index in [1.165, 1.54) is 28.6 Å². The van der Waals surface area contributed by atoms with Crippen LogP contribution >= 0.6 is 0 Å². The zero-order valence-electron chi connectivity index (χ0n) is 13.7. The van der Waals surface area contributed by atoms with Crippen molar-refractivity contribution in [3.05, 3.63) is 29.8 Å². The van der Waals surface area contributed by atoms with Gasteiger partial charge in [0.2, 0.25) is 20.0 Å².